The summed E-state index contributed by atoms with van der Waals surface area (Å²) in [5.41, 5.74) is 5.95. The third-order valence-electron chi connectivity index (χ3n) is 7.51. The Hall–Kier alpha value is -3.93. The fourth-order valence-electron chi connectivity index (χ4n) is 5.65. The summed E-state index contributed by atoms with van der Waals surface area (Å²) in [5, 5.41) is 0. The number of para-hydroxylation sites is 2. The fraction of sp³-hybridized carbons (Fsp3) is 0.364. The Labute approximate surface area is 231 Å². The van der Waals surface area contributed by atoms with Gasteiger partial charge in [0.15, 0.2) is 5.71 Å². The van der Waals surface area contributed by atoms with Crippen LogP contribution in [0.5, 0.6) is 0 Å². The maximum atomic E-state index is 12.4. The molecule has 2 aromatic rings. The van der Waals surface area contributed by atoms with Crippen molar-refractivity contribution >= 4 is 29.0 Å². The Morgan fingerprint density at radius 1 is 0.821 bits per heavy atom. The monoisotopic (exact) mass is 527 g/mol. The van der Waals surface area contributed by atoms with E-state index in [2.05, 4.69) is 64.1 Å². The molecule has 39 heavy (non-hydrogen) atoms. The molecule has 6 heteroatoms. The van der Waals surface area contributed by atoms with Crippen LogP contribution >= 0.6 is 0 Å². The Kier molecular flexibility index (Phi) is 8.24. The van der Waals surface area contributed by atoms with E-state index in [4.69, 9.17) is 9.47 Å². The van der Waals surface area contributed by atoms with Crippen molar-refractivity contribution in [3.05, 3.63) is 95.7 Å². The SMILES string of the molecule is CCOC(=O)CN1C(=CC=CC=CC2=[N+](CC(=O)OCC)c3ccccc3C2(C)C)C(C)(C)c2ccccc21. The van der Waals surface area contributed by atoms with Gasteiger partial charge in [-0.15, -0.1) is 0 Å². The first-order valence-corrected chi connectivity index (χ1v) is 13.6. The lowest BCUT2D eigenvalue weighted by Crippen LogP contribution is -2.31. The first-order chi connectivity index (χ1) is 18.6. The van der Waals surface area contributed by atoms with Crippen LogP contribution < -0.4 is 4.90 Å². The van der Waals surface area contributed by atoms with Crippen LogP contribution in [0.15, 0.2) is 84.6 Å². The molecule has 0 atom stereocenters. The Morgan fingerprint density at radius 3 is 2.18 bits per heavy atom. The summed E-state index contributed by atoms with van der Waals surface area (Å²) < 4.78 is 12.6. The molecule has 6 nitrogen and oxygen atoms in total. The van der Waals surface area contributed by atoms with Gasteiger partial charge in [0.05, 0.1) is 18.6 Å². The number of benzene rings is 2. The first-order valence-electron chi connectivity index (χ1n) is 13.6. The number of allylic oxidation sites excluding steroid dienone is 6. The molecule has 0 fully saturated rings. The lowest BCUT2D eigenvalue weighted by atomic mass is 9.81. The molecule has 2 aromatic carbocycles. The van der Waals surface area contributed by atoms with Gasteiger partial charge in [-0.1, -0.05) is 68.5 Å². The quantitative estimate of drug-likeness (QED) is 0.228. The summed E-state index contributed by atoms with van der Waals surface area (Å²) in [4.78, 5) is 26.9. The summed E-state index contributed by atoms with van der Waals surface area (Å²) in [5.74, 6) is -0.498. The molecular weight excluding hydrogens is 488 g/mol. The van der Waals surface area contributed by atoms with Crippen molar-refractivity contribution in [3.8, 4) is 0 Å². The minimum atomic E-state index is -0.266. The summed E-state index contributed by atoms with van der Waals surface area (Å²) >= 11 is 0. The van der Waals surface area contributed by atoms with Gasteiger partial charge in [0.25, 0.3) is 0 Å². The van der Waals surface area contributed by atoms with Crippen molar-refractivity contribution < 1.29 is 23.6 Å². The van der Waals surface area contributed by atoms with E-state index in [0.717, 1.165) is 22.8 Å². The van der Waals surface area contributed by atoms with E-state index >= 15 is 0 Å². The van der Waals surface area contributed by atoms with E-state index in [0.29, 0.717) is 13.2 Å². The van der Waals surface area contributed by atoms with E-state index in [1.165, 1.54) is 11.1 Å². The van der Waals surface area contributed by atoms with E-state index in [9.17, 15) is 9.59 Å². The number of carbonyl (C=O) groups excluding carboxylic acids is 2. The molecular formula is C33H39N2O4+. The van der Waals surface area contributed by atoms with Gasteiger partial charge in [-0.3, -0.25) is 4.79 Å². The molecule has 204 valence electrons. The highest BCUT2D eigenvalue weighted by atomic mass is 16.5. The van der Waals surface area contributed by atoms with Crippen LogP contribution in [-0.2, 0) is 29.9 Å². The van der Waals surface area contributed by atoms with Gasteiger partial charge in [0.2, 0.25) is 12.2 Å². The van der Waals surface area contributed by atoms with Gasteiger partial charge >= 0.3 is 11.9 Å². The highest BCUT2D eigenvalue weighted by Gasteiger charge is 2.45. The van der Waals surface area contributed by atoms with E-state index in [1.807, 2.05) is 65.8 Å². The normalized spacial score (nSPS) is 18.2. The summed E-state index contributed by atoms with van der Waals surface area (Å²) in [6.45, 7) is 13.4. The molecule has 2 aliphatic heterocycles. The number of rotatable bonds is 9. The summed E-state index contributed by atoms with van der Waals surface area (Å²) in [6.07, 6.45) is 10.1. The standard InChI is InChI=1S/C33H39N2O4/c1-7-38-30(36)22-34-26-18-14-12-16-24(26)32(3,4)28(34)20-10-9-11-21-29-33(5,6)25-17-13-15-19-27(25)35(29)23-31(37)39-8-2/h9-21H,7-8,22-23H2,1-6H3/q+1. The van der Waals surface area contributed by atoms with Crippen molar-refractivity contribution in [1.82, 2.24) is 0 Å². The summed E-state index contributed by atoms with van der Waals surface area (Å²) in [6, 6.07) is 16.4. The number of anilines is 1. The zero-order chi connectivity index (χ0) is 28.2. The van der Waals surface area contributed by atoms with Crippen LogP contribution in [0.3, 0.4) is 0 Å². The highest BCUT2D eigenvalue weighted by Crippen LogP contribution is 2.47. The second kappa shape index (κ2) is 11.4. The topological polar surface area (TPSA) is 58.8 Å². The van der Waals surface area contributed by atoms with Gasteiger partial charge in [-0.2, -0.15) is 4.58 Å². The fourth-order valence-corrected chi connectivity index (χ4v) is 5.65. The second-order valence-electron chi connectivity index (χ2n) is 10.7. The van der Waals surface area contributed by atoms with Crippen molar-refractivity contribution in [1.29, 1.82) is 0 Å². The van der Waals surface area contributed by atoms with E-state index in [-0.39, 0.29) is 35.9 Å². The van der Waals surface area contributed by atoms with E-state index in [1.54, 1.807) is 0 Å². The average Bonchev–Trinajstić information content (AvgIpc) is 3.24. The number of carbonyl (C=O) groups is 2. The van der Waals surface area contributed by atoms with Gasteiger partial charge in [-0.05, 0) is 45.4 Å². The van der Waals surface area contributed by atoms with Gasteiger partial charge in [-0.25, -0.2) is 4.79 Å². The van der Waals surface area contributed by atoms with E-state index < -0.39 is 0 Å². The molecule has 0 unspecified atom stereocenters. The third kappa shape index (κ3) is 5.47. The maximum Gasteiger partial charge on any atom is 0.372 e. The van der Waals surface area contributed by atoms with Crippen molar-refractivity contribution in [2.24, 2.45) is 0 Å². The smallest absolute Gasteiger partial charge is 0.372 e. The molecule has 0 N–H and O–H groups in total. The molecule has 0 amide bonds. The molecule has 4 rings (SSSR count). The largest absolute Gasteiger partial charge is 0.465 e. The number of esters is 2. The van der Waals surface area contributed by atoms with Crippen LogP contribution in [0.4, 0.5) is 11.4 Å². The summed E-state index contributed by atoms with van der Waals surface area (Å²) in [7, 11) is 0. The van der Waals surface area contributed by atoms with Crippen LogP contribution in [-0.4, -0.2) is 48.5 Å². The Bertz CT molecular complexity index is 1380. The van der Waals surface area contributed by atoms with Crippen LogP contribution in [0.2, 0.25) is 0 Å². The lowest BCUT2D eigenvalue weighted by Gasteiger charge is -2.26. The number of fused-ring (bicyclic) bond motifs is 2. The lowest BCUT2D eigenvalue weighted by molar-refractivity contribution is -0.428. The first kappa shape index (κ1) is 28.1. The van der Waals surface area contributed by atoms with Crippen molar-refractivity contribution in [3.63, 3.8) is 0 Å². The Morgan fingerprint density at radius 2 is 1.46 bits per heavy atom. The molecule has 0 aromatic heterocycles. The molecule has 2 aliphatic rings. The molecule has 0 aliphatic carbocycles. The molecule has 0 spiro atoms. The van der Waals surface area contributed by atoms with Crippen LogP contribution in [0, 0.1) is 0 Å². The van der Waals surface area contributed by atoms with Crippen molar-refractivity contribution in [2.75, 3.05) is 31.2 Å². The van der Waals surface area contributed by atoms with Gasteiger partial charge in [0.1, 0.15) is 6.54 Å². The zero-order valence-corrected chi connectivity index (χ0v) is 23.9. The van der Waals surface area contributed by atoms with Crippen LogP contribution in [0.25, 0.3) is 0 Å². The molecule has 0 bridgehead atoms. The number of hydrogen-bond acceptors (Lipinski definition) is 5. The number of ether oxygens (including phenoxy) is 2. The highest BCUT2D eigenvalue weighted by molar-refractivity contribution is 6.03. The number of nitrogens with zero attached hydrogens (tertiary/aromatic N) is 2. The van der Waals surface area contributed by atoms with Crippen molar-refractivity contribution in [2.45, 2.75) is 52.4 Å². The second-order valence-corrected chi connectivity index (χ2v) is 10.7. The minimum Gasteiger partial charge on any atom is -0.465 e. The maximum absolute atomic E-state index is 12.4. The molecule has 0 saturated carbocycles. The number of hydrogen-bond donors (Lipinski definition) is 0. The van der Waals surface area contributed by atoms with Crippen LogP contribution in [0.1, 0.15) is 52.7 Å². The predicted octanol–water partition coefficient (Wildman–Crippen LogP) is 5.98. The molecule has 2 heterocycles. The zero-order valence-electron chi connectivity index (χ0n) is 23.9. The minimum absolute atomic E-state index is 0.164. The predicted molar refractivity (Wildman–Crippen MR) is 156 cm³/mol. The third-order valence-corrected chi connectivity index (χ3v) is 7.51. The molecule has 0 saturated heterocycles. The van der Waals surface area contributed by atoms with Gasteiger partial charge < -0.3 is 14.4 Å². The Balaban J connectivity index is 1.64. The molecule has 0 radical (unpaired) electrons. The van der Waals surface area contributed by atoms with Gasteiger partial charge in [0, 0.05) is 34.5 Å². The average molecular weight is 528 g/mol.